The van der Waals surface area contributed by atoms with Gasteiger partial charge in [0.15, 0.2) is 0 Å². The van der Waals surface area contributed by atoms with E-state index in [1.807, 2.05) is 0 Å². The molecule has 0 N–H and O–H groups in total. The van der Waals surface area contributed by atoms with E-state index in [0.717, 1.165) is 5.75 Å². The molecule has 0 aliphatic heterocycles. The van der Waals surface area contributed by atoms with Crippen LogP contribution in [0.4, 0.5) is 5.69 Å². The smallest absolute Gasteiger partial charge is 0.242 e. The Morgan fingerprint density at radius 2 is 1.30 bits per heavy atom. The molecule has 2 nitrogen and oxygen atoms in total. The zero-order valence-corrected chi connectivity index (χ0v) is 17.7. The van der Waals surface area contributed by atoms with Crippen molar-refractivity contribution in [2.45, 2.75) is 58.9 Å². The summed E-state index contributed by atoms with van der Waals surface area (Å²) in [6.07, 6.45) is 0. The van der Waals surface area contributed by atoms with Crippen molar-refractivity contribution in [1.82, 2.24) is 0 Å². The third-order valence-corrected chi connectivity index (χ3v) is 10.9. The number of hydrogen-bond acceptors (Lipinski definition) is 2. The van der Waals surface area contributed by atoms with Crippen molar-refractivity contribution >= 4 is 30.5 Å². The lowest BCUT2D eigenvalue weighted by Crippen LogP contribution is -2.59. The topological polar surface area (TPSA) is 12.5 Å². The van der Waals surface area contributed by atoms with Gasteiger partial charge < -0.3 is 8.66 Å². The highest BCUT2D eigenvalue weighted by molar-refractivity contribution is 6.99. The van der Waals surface area contributed by atoms with Crippen LogP contribution in [0.2, 0.25) is 58.9 Å². The van der Waals surface area contributed by atoms with Gasteiger partial charge in [0, 0.05) is 11.8 Å². The Kier molecular flexibility index (Phi) is 4.99. The minimum Gasteiger partial charge on any atom is -0.544 e. The highest BCUT2D eigenvalue weighted by Crippen LogP contribution is 2.31. The van der Waals surface area contributed by atoms with Gasteiger partial charge in [-0.05, 0) is 31.8 Å². The zero-order valence-electron chi connectivity index (χ0n) is 14.7. The van der Waals surface area contributed by atoms with Gasteiger partial charge in [0.25, 0.3) is 0 Å². The maximum absolute atomic E-state index is 6.16. The van der Waals surface area contributed by atoms with Crippen molar-refractivity contribution in [2.75, 3.05) is 4.23 Å². The van der Waals surface area contributed by atoms with Crippen LogP contribution in [0.15, 0.2) is 24.3 Å². The normalized spacial score (nSPS) is 13.2. The van der Waals surface area contributed by atoms with Gasteiger partial charge in [-0.2, -0.15) is 0 Å². The van der Waals surface area contributed by atoms with E-state index < -0.39 is 24.8 Å². The van der Waals surface area contributed by atoms with Crippen LogP contribution in [0.5, 0.6) is 5.75 Å². The summed E-state index contributed by atoms with van der Waals surface area (Å²) in [5, 5.41) is 0. The average molecular weight is 326 g/mol. The summed E-state index contributed by atoms with van der Waals surface area (Å²) in [6, 6.07) is 8.72. The van der Waals surface area contributed by atoms with Gasteiger partial charge in [0.2, 0.25) is 8.32 Å². The molecule has 0 aromatic heterocycles. The lowest BCUT2D eigenvalue weighted by atomic mass is 10.3. The minimum absolute atomic E-state index is 1.03. The van der Waals surface area contributed by atoms with Gasteiger partial charge in [-0.15, -0.1) is 0 Å². The van der Waals surface area contributed by atoms with Gasteiger partial charge in [-0.3, -0.25) is 0 Å². The second kappa shape index (κ2) is 5.69. The maximum atomic E-state index is 6.16. The molecule has 1 aromatic carbocycles. The van der Waals surface area contributed by atoms with Gasteiger partial charge in [-0.1, -0.05) is 45.3 Å². The molecular weight excluding hydrogens is 294 g/mol. The van der Waals surface area contributed by atoms with Crippen molar-refractivity contribution in [3.63, 3.8) is 0 Å². The summed E-state index contributed by atoms with van der Waals surface area (Å²) in [5.74, 6) is 1.03. The van der Waals surface area contributed by atoms with Crippen molar-refractivity contribution in [2.24, 2.45) is 0 Å². The standard InChI is InChI=1S/C15H31NOSi3/c1-18(2,3)16(19(4,5)6)14-11-10-12-15(13-14)17-20(7,8)9/h10-13H,1-9H3. The fourth-order valence-corrected chi connectivity index (χ4v) is 13.5. The molecule has 1 aromatic rings. The molecule has 0 unspecified atom stereocenters. The summed E-state index contributed by atoms with van der Waals surface area (Å²) in [5.41, 5.74) is 1.35. The van der Waals surface area contributed by atoms with Crippen molar-refractivity contribution in [3.05, 3.63) is 24.3 Å². The van der Waals surface area contributed by atoms with Crippen LogP contribution in [-0.4, -0.2) is 24.8 Å². The predicted molar refractivity (Wildman–Crippen MR) is 99.6 cm³/mol. The summed E-state index contributed by atoms with van der Waals surface area (Å²) in [4.78, 5) is 0. The molecule has 0 atom stereocenters. The van der Waals surface area contributed by atoms with E-state index in [9.17, 15) is 0 Å². The van der Waals surface area contributed by atoms with E-state index in [0.29, 0.717) is 0 Å². The number of benzene rings is 1. The first-order chi connectivity index (χ1) is 8.81. The van der Waals surface area contributed by atoms with Gasteiger partial charge >= 0.3 is 0 Å². The van der Waals surface area contributed by atoms with Crippen LogP contribution in [0.25, 0.3) is 0 Å². The molecule has 0 bridgehead atoms. The molecule has 1 rings (SSSR count). The van der Waals surface area contributed by atoms with Crippen LogP contribution in [-0.2, 0) is 0 Å². The number of nitrogens with zero attached hydrogens (tertiary/aromatic N) is 1. The molecule has 0 fully saturated rings. The molecule has 20 heavy (non-hydrogen) atoms. The van der Waals surface area contributed by atoms with Crippen molar-refractivity contribution in [1.29, 1.82) is 0 Å². The Balaban J connectivity index is 3.20. The minimum atomic E-state index is -1.54. The lowest BCUT2D eigenvalue weighted by Gasteiger charge is -2.46. The van der Waals surface area contributed by atoms with Gasteiger partial charge in [0.1, 0.15) is 22.2 Å². The molecule has 0 radical (unpaired) electrons. The first-order valence-corrected chi connectivity index (χ1v) is 17.7. The number of hydrogen-bond donors (Lipinski definition) is 0. The van der Waals surface area contributed by atoms with E-state index in [1.165, 1.54) is 5.69 Å². The van der Waals surface area contributed by atoms with Crippen LogP contribution in [0.3, 0.4) is 0 Å². The quantitative estimate of drug-likeness (QED) is 0.674. The van der Waals surface area contributed by atoms with E-state index >= 15 is 0 Å². The Bertz CT molecular complexity index is 441. The average Bonchev–Trinajstić information content (AvgIpc) is 2.09. The molecule has 0 saturated carbocycles. The SMILES string of the molecule is C[Si](C)(C)Oc1cccc(N([Si](C)(C)C)[Si](C)(C)C)c1. The van der Waals surface area contributed by atoms with Crippen LogP contribution in [0.1, 0.15) is 0 Å². The Morgan fingerprint density at radius 1 is 0.800 bits per heavy atom. The number of rotatable bonds is 5. The first kappa shape index (κ1) is 17.5. The maximum Gasteiger partial charge on any atom is 0.242 e. The molecular formula is C15H31NOSi3. The molecule has 0 spiro atoms. The summed E-state index contributed by atoms with van der Waals surface area (Å²) in [7, 11) is -4.33. The second-order valence-corrected chi connectivity index (χ2v) is 22.8. The van der Waals surface area contributed by atoms with Crippen molar-refractivity contribution in [3.8, 4) is 5.75 Å². The fraction of sp³-hybridized carbons (Fsp3) is 0.600. The summed E-state index contributed by atoms with van der Waals surface area (Å²) >= 11 is 0. The third-order valence-electron chi connectivity index (χ3n) is 2.84. The summed E-state index contributed by atoms with van der Waals surface area (Å²) in [6.45, 7) is 21.3. The van der Waals surface area contributed by atoms with Crippen LogP contribution >= 0.6 is 0 Å². The molecule has 0 saturated heterocycles. The lowest BCUT2D eigenvalue weighted by molar-refractivity contribution is 0.558. The number of anilines is 1. The molecule has 5 heteroatoms. The Labute approximate surface area is 128 Å². The fourth-order valence-electron chi connectivity index (χ4n) is 2.82. The molecule has 114 valence electrons. The first-order valence-electron chi connectivity index (χ1n) is 7.40. The Hall–Kier alpha value is -0.529. The molecule has 0 amide bonds. The van der Waals surface area contributed by atoms with Crippen LogP contribution < -0.4 is 8.66 Å². The van der Waals surface area contributed by atoms with Gasteiger partial charge in [0.05, 0.1) is 0 Å². The predicted octanol–water partition coefficient (Wildman–Crippen LogP) is 5.38. The molecule has 0 aliphatic carbocycles. The molecule has 0 aliphatic rings. The van der Waals surface area contributed by atoms with E-state index in [2.05, 4.69) is 87.4 Å². The Morgan fingerprint density at radius 3 is 1.70 bits per heavy atom. The highest BCUT2D eigenvalue weighted by atomic mass is 28.4. The van der Waals surface area contributed by atoms with E-state index in [4.69, 9.17) is 4.43 Å². The second-order valence-electron chi connectivity index (χ2n) is 8.39. The third kappa shape index (κ3) is 5.10. The zero-order chi connectivity index (χ0) is 15.8. The largest absolute Gasteiger partial charge is 0.544 e. The summed E-state index contributed by atoms with van der Waals surface area (Å²) < 4.78 is 8.89. The van der Waals surface area contributed by atoms with Crippen LogP contribution in [0, 0.1) is 0 Å². The molecule has 0 heterocycles. The monoisotopic (exact) mass is 325 g/mol. The van der Waals surface area contributed by atoms with Gasteiger partial charge in [-0.25, -0.2) is 0 Å². The van der Waals surface area contributed by atoms with Crippen molar-refractivity contribution < 1.29 is 4.43 Å². The highest BCUT2D eigenvalue weighted by Gasteiger charge is 2.34. The van der Waals surface area contributed by atoms with E-state index in [1.54, 1.807) is 0 Å². The van der Waals surface area contributed by atoms with E-state index in [-0.39, 0.29) is 0 Å².